The lowest BCUT2D eigenvalue weighted by molar-refractivity contribution is -0.118. The lowest BCUT2D eigenvalue weighted by Crippen LogP contribution is -2.20. The maximum Gasteiger partial charge on any atom is 0.262 e. The van der Waals surface area contributed by atoms with Crippen molar-refractivity contribution in [3.05, 3.63) is 72.3 Å². The average molecular weight is 333 g/mol. The Morgan fingerprint density at radius 1 is 0.960 bits per heavy atom. The van der Waals surface area contributed by atoms with Crippen LogP contribution in [0.5, 0.6) is 5.75 Å². The summed E-state index contributed by atoms with van der Waals surface area (Å²) in [6.07, 6.45) is 3.45. The summed E-state index contributed by atoms with van der Waals surface area (Å²) in [5.41, 5.74) is 2.10. The minimum absolute atomic E-state index is 0.00404. The van der Waals surface area contributed by atoms with E-state index in [0.717, 1.165) is 22.9 Å². The molecule has 3 nitrogen and oxygen atoms in total. The predicted octanol–water partition coefficient (Wildman–Crippen LogP) is 5.20. The predicted molar refractivity (Wildman–Crippen MR) is 103 cm³/mol. The summed E-state index contributed by atoms with van der Waals surface area (Å²) in [7, 11) is 0. The number of carbonyl (C=O) groups excluding carboxylic acids is 1. The molecule has 3 rings (SSSR count). The molecule has 3 aromatic rings. The highest BCUT2D eigenvalue weighted by atomic mass is 16.5. The molecule has 0 unspecified atom stereocenters. The number of rotatable bonds is 7. The van der Waals surface area contributed by atoms with E-state index in [1.807, 2.05) is 48.5 Å². The number of fused-ring (bicyclic) bond motifs is 1. The maximum atomic E-state index is 12.1. The van der Waals surface area contributed by atoms with Gasteiger partial charge in [-0.1, -0.05) is 55.8 Å². The summed E-state index contributed by atoms with van der Waals surface area (Å²) in [6.45, 7) is 2.18. The zero-order valence-electron chi connectivity index (χ0n) is 14.5. The first-order valence-corrected chi connectivity index (χ1v) is 8.75. The molecule has 1 amide bonds. The van der Waals surface area contributed by atoms with Gasteiger partial charge >= 0.3 is 0 Å². The molecule has 0 radical (unpaired) electrons. The number of aryl methyl sites for hydroxylation is 1. The van der Waals surface area contributed by atoms with Crippen LogP contribution in [0.15, 0.2) is 66.7 Å². The van der Waals surface area contributed by atoms with E-state index < -0.39 is 0 Å². The summed E-state index contributed by atoms with van der Waals surface area (Å²) in [5.74, 6) is 0.540. The number of benzene rings is 3. The summed E-state index contributed by atoms with van der Waals surface area (Å²) in [5, 5.41) is 5.12. The summed E-state index contributed by atoms with van der Waals surface area (Å²) < 4.78 is 5.61. The maximum absolute atomic E-state index is 12.1. The molecule has 0 atom stereocenters. The summed E-state index contributed by atoms with van der Waals surface area (Å²) >= 11 is 0. The number of ether oxygens (including phenoxy) is 1. The van der Waals surface area contributed by atoms with Crippen LogP contribution in [0.4, 0.5) is 5.69 Å². The topological polar surface area (TPSA) is 38.3 Å². The lowest BCUT2D eigenvalue weighted by Gasteiger charge is -2.09. The molecule has 0 spiro atoms. The second-order valence-electron chi connectivity index (χ2n) is 6.15. The van der Waals surface area contributed by atoms with Crippen LogP contribution in [-0.2, 0) is 11.2 Å². The van der Waals surface area contributed by atoms with Crippen molar-refractivity contribution in [2.75, 3.05) is 11.9 Å². The van der Waals surface area contributed by atoms with E-state index in [0.29, 0.717) is 5.75 Å². The Balaban J connectivity index is 1.53. The zero-order chi connectivity index (χ0) is 17.5. The molecule has 128 valence electrons. The normalized spacial score (nSPS) is 10.6. The van der Waals surface area contributed by atoms with Gasteiger partial charge in [-0.25, -0.2) is 0 Å². The van der Waals surface area contributed by atoms with Gasteiger partial charge in [-0.2, -0.15) is 0 Å². The highest BCUT2D eigenvalue weighted by Crippen LogP contribution is 2.20. The molecule has 0 aliphatic rings. The number of carbonyl (C=O) groups is 1. The van der Waals surface area contributed by atoms with E-state index in [9.17, 15) is 4.79 Å². The van der Waals surface area contributed by atoms with Crippen LogP contribution < -0.4 is 10.1 Å². The smallest absolute Gasteiger partial charge is 0.262 e. The Labute approximate surface area is 148 Å². The zero-order valence-corrected chi connectivity index (χ0v) is 14.5. The Bertz CT molecular complexity index is 840. The average Bonchev–Trinajstić information content (AvgIpc) is 2.65. The quantitative estimate of drug-likeness (QED) is 0.645. The first-order valence-electron chi connectivity index (χ1n) is 8.75. The van der Waals surface area contributed by atoms with Gasteiger partial charge in [0.15, 0.2) is 6.61 Å². The molecule has 0 aromatic heterocycles. The molecule has 0 fully saturated rings. The van der Waals surface area contributed by atoms with Crippen molar-refractivity contribution < 1.29 is 9.53 Å². The molecule has 0 aliphatic carbocycles. The van der Waals surface area contributed by atoms with Gasteiger partial charge in [0.25, 0.3) is 5.91 Å². The van der Waals surface area contributed by atoms with Crippen LogP contribution >= 0.6 is 0 Å². The second-order valence-corrected chi connectivity index (χ2v) is 6.15. The molecule has 0 bridgehead atoms. The molecular formula is C22H23NO2. The number of unbranched alkanes of at least 4 members (excludes halogenated alkanes) is 1. The van der Waals surface area contributed by atoms with Gasteiger partial charge in [0.1, 0.15) is 5.75 Å². The highest BCUT2D eigenvalue weighted by Gasteiger charge is 2.05. The van der Waals surface area contributed by atoms with Crippen LogP contribution in [0.25, 0.3) is 10.8 Å². The molecule has 0 saturated carbocycles. The molecular weight excluding hydrogens is 310 g/mol. The molecule has 25 heavy (non-hydrogen) atoms. The number of amides is 1. The van der Waals surface area contributed by atoms with Gasteiger partial charge in [0.05, 0.1) is 0 Å². The minimum Gasteiger partial charge on any atom is -0.484 e. The van der Waals surface area contributed by atoms with E-state index in [2.05, 4.69) is 30.4 Å². The summed E-state index contributed by atoms with van der Waals surface area (Å²) in [4.78, 5) is 12.1. The van der Waals surface area contributed by atoms with Crippen molar-refractivity contribution in [2.24, 2.45) is 0 Å². The minimum atomic E-state index is -0.158. The molecule has 0 aliphatic heterocycles. The molecule has 0 heterocycles. The van der Waals surface area contributed by atoms with Crippen LogP contribution in [0.2, 0.25) is 0 Å². The van der Waals surface area contributed by atoms with Crippen LogP contribution in [0, 0.1) is 0 Å². The number of anilines is 1. The van der Waals surface area contributed by atoms with Crippen molar-refractivity contribution in [1.82, 2.24) is 0 Å². The Morgan fingerprint density at radius 2 is 1.72 bits per heavy atom. The van der Waals surface area contributed by atoms with Crippen LogP contribution in [0.3, 0.4) is 0 Å². The summed E-state index contributed by atoms with van der Waals surface area (Å²) in [6, 6.07) is 21.9. The molecule has 3 aromatic carbocycles. The van der Waals surface area contributed by atoms with E-state index >= 15 is 0 Å². The standard InChI is InChI=1S/C22H23NO2/c1-2-3-6-17-9-12-20(13-10-17)23-22(24)16-25-21-14-11-18-7-4-5-8-19(18)15-21/h4-5,7-15H,2-3,6,16H2,1H3,(H,23,24). The van der Waals surface area contributed by atoms with E-state index in [1.54, 1.807) is 0 Å². The molecule has 3 heteroatoms. The lowest BCUT2D eigenvalue weighted by atomic mass is 10.1. The number of hydrogen-bond donors (Lipinski definition) is 1. The van der Waals surface area contributed by atoms with Crippen molar-refractivity contribution in [2.45, 2.75) is 26.2 Å². The number of nitrogens with one attached hydrogen (secondary N) is 1. The van der Waals surface area contributed by atoms with Crippen LogP contribution in [0.1, 0.15) is 25.3 Å². The number of hydrogen-bond acceptors (Lipinski definition) is 2. The van der Waals surface area contributed by atoms with Gasteiger partial charge in [-0.3, -0.25) is 4.79 Å². The fourth-order valence-corrected chi connectivity index (χ4v) is 2.74. The molecule has 0 saturated heterocycles. The van der Waals surface area contributed by atoms with Crippen molar-refractivity contribution in [3.63, 3.8) is 0 Å². The largest absolute Gasteiger partial charge is 0.484 e. The Morgan fingerprint density at radius 3 is 2.48 bits per heavy atom. The Kier molecular flexibility index (Phi) is 5.68. The van der Waals surface area contributed by atoms with E-state index in [4.69, 9.17) is 4.74 Å². The first-order chi connectivity index (χ1) is 12.2. The van der Waals surface area contributed by atoms with Crippen LogP contribution in [-0.4, -0.2) is 12.5 Å². The monoisotopic (exact) mass is 333 g/mol. The Hall–Kier alpha value is -2.81. The van der Waals surface area contributed by atoms with Gasteiger partial charge in [0, 0.05) is 5.69 Å². The second kappa shape index (κ2) is 8.34. The van der Waals surface area contributed by atoms with E-state index in [1.165, 1.54) is 18.4 Å². The van der Waals surface area contributed by atoms with Gasteiger partial charge < -0.3 is 10.1 Å². The third-order valence-corrected chi connectivity index (χ3v) is 4.15. The van der Waals surface area contributed by atoms with E-state index in [-0.39, 0.29) is 12.5 Å². The van der Waals surface area contributed by atoms with Crippen molar-refractivity contribution >= 4 is 22.4 Å². The highest BCUT2D eigenvalue weighted by molar-refractivity contribution is 5.92. The van der Waals surface area contributed by atoms with Gasteiger partial charge in [0.2, 0.25) is 0 Å². The third kappa shape index (κ3) is 4.83. The van der Waals surface area contributed by atoms with Gasteiger partial charge in [-0.15, -0.1) is 0 Å². The van der Waals surface area contributed by atoms with Crippen molar-refractivity contribution in [1.29, 1.82) is 0 Å². The first kappa shape index (κ1) is 17.0. The van der Waals surface area contributed by atoms with Gasteiger partial charge in [-0.05, 0) is 53.4 Å². The fourth-order valence-electron chi connectivity index (χ4n) is 2.74. The van der Waals surface area contributed by atoms with Crippen molar-refractivity contribution in [3.8, 4) is 5.75 Å². The fraction of sp³-hybridized carbons (Fsp3) is 0.227. The SMILES string of the molecule is CCCCc1ccc(NC(=O)COc2ccc3ccccc3c2)cc1. The third-order valence-electron chi connectivity index (χ3n) is 4.15. The molecule has 1 N–H and O–H groups in total.